The van der Waals surface area contributed by atoms with Crippen LogP contribution >= 0.6 is 0 Å². The lowest BCUT2D eigenvalue weighted by Crippen LogP contribution is -2.45. The van der Waals surface area contributed by atoms with Crippen molar-refractivity contribution in [1.29, 1.82) is 0 Å². The topological polar surface area (TPSA) is 95.9 Å². The summed E-state index contributed by atoms with van der Waals surface area (Å²) in [6, 6.07) is -0.621. The fraction of sp³-hybridized carbons (Fsp3) is 0.941. The number of aliphatic hydroxyl groups excluding tert-OH is 2. The Morgan fingerprint density at radius 1 is 0.365 bits per heavy atom. The lowest BCUT2D eigenvalue weighted by atomic mass is 10.0. The summed E-state index contributed by atoms with van der Waals surface area (Å²) < 4.78 is 5.50. The van der Waals surface area contributed by atoms with Gasteiger partial charge in [0.05, 0.1) is 25.4 Å². The van der Waals surface area contributed by atoms with E-state index in [2.05, 4.69) is 19.2 Å². The number of nitrogens with one attached hydrogen (secondary N) is 1. The first-order chi connectivity index (χ1) is 36.5. The fourth-order valence-corrected chi connectivity index (χ4v) is 10.9. The Hall–Kier alpha value is -1.40. The molecule has 0 radical (unpaired) electrons. The molecule has 0 aliphatic heterocycles. The van der Waals surface area contributed by atoms with Crippen LogP contribution in [0.4, 0.5) is 0 Å². The van der Waals surface area contributed by atoms with Crippen LogP contribution in [0.2, 0.25) is 0 Å². The van der Waals surface area contributed by atoms with Gasteiger partial charge in [0, 0.05) is 12.8 Å². The number of allylic oxidation sites excluding steroid dienone is 1. The Labute approximate surface area is 463 Å². The molecule has 0 aliphatic carbocycles. The standard InChI is InChI=1S/C68H133NO5/c1-3-5-7-9-11-13-14-15-16-36-39-42-46-50-54-58-62-68(73)74-63-59-55-51-47-43-40-37-34-32-30-28-26-24-22-20-18-17-19-21-23-25-27-29-31-33-35-38-41-45-49-53-57-61-67(72)69-65(64-70)66(71)60-56-52-48-44-12-10-8-6-4-2/h56,60,65-66,70-71H,3-55,57-59,61-64H2,1-2H3,(H,69,72)/b60-56+. The van der Waals surface area contributed by atoms with Crippen LogP contribution < -0.4 is 5.32 Å². The van der Waals surface area contributed by atoms with Crippen molar-refractivity contribution < 1.29 is 24.5 Å². The molecule has 3 N–H and O–H groups in total. The van der Waals surface area contributed by atoms with Crippen molar-refractivity contribution in [3.05, 3.63) is 12.2 Å². The normalized spacial score (nSPS) is 12.5. The Morgan fingerprint density at radius 3 is 0.919 bits per heavy atom. The van der Waals surface area contributed by atoms with Gasteiger partial charge in [0.25, 0.3) is 0 Å². The van der Waals surface area contributed by atoms with Crippen LogP contribution in [0.15, 0.2) is 12.2 Å². The molecule has 0 fully saturated rings. The lowest BCUT2D eigenvalue weighted by molar-refractivity contribution is -0.143. The third-order valence-electron chi connectivity index (χ3n) is 16.1. The maximum atomic E-state index is 12.4. The minimum atomic E-state index is -0.838. The second-order valence-corrected chi connectivity index (χ2v) is 23.5. The van der Waals surface area contributed by atoms with Crippen molar-refractivity contribution in [2.45, 2.75) is 398 Å². The quantitative estimate of drug-likeness (QED) is 0.0320. The molecular formula is C68H133NO5. The van der Waals surface area contributed by atoms with Crippen molar-refractivity contribution in [3.8, 4) is 0 Å². The molecule has 0 bridgehead atoms. The van der Waals surface area contributed by atoms with E-state index in [0.717, 1.165) is 38.5 Å². The van der Waals surface area contributed by atoms with E-state index in [4.69, 9.17) is 4.74 Å². The molecule has 74 heavy (non-hydrogen) atoms. The monoisotopic (exact) mass is 1040 g/mol. The Morgan fingerprint density at radius 2 is 0.622 bits per heavy atom. The third kappa shape index (κ3) is 59.8. The summed E-state index contributed by atoms with van der Waals surface area (Å²) in [5.74, 6) is -0.0394. The highest BCUT2D eigenvalue weighted by Gasteiger charge is 2.18. The Bertz CT molecular complexity index is 1110. The summed E-state index contributed by atoms with van der Waals surface area (Å²) in [6.45, 7) is 4.91. The van der Waals surface area contributed by atoms with Crippen LogP contribution in [-0.2, 0) is 14.3 Å². The van der Waals surface area contributed by atoms with Gasteiger partial charge in [0.1, 0.15) is 0 Å². The van der Waals surface area contributed by atoms with Crippen molar-refractivity contribution in [3.63, 3.8) is 0 Å². The van der Waals surface area contributed by atoms with Crippen LogP contribution in [0.1, 0.15) is 386 Å². The molecule has 0 aromatic carbocycles. The molecule has 0 rings (SSSR count). The first-order valence-corrected chi connectivity index (χ1v) is 34.0. The van der Waals surface area contributed by atoms with E-state index in [1.165, 1.54) is 321 Å². The van der Waals surface area contributed by atoms with Crippen LogP contribution in [-0.4, -0.2) is 47.4 Å². The maximum Gasteiger partial charge on any atom is 0.305 e. The molecule has 0 aromatic rings. The zero-order chi connectivity index (χ0) is 53.6. The number of carbonyl (C=O) groups is 2. The number of carbonyl (C=O) groups excluding carboxylic acids is 2. The number of ether oxygens (including phenoxy) is 1. The number of esters is 1. The zero-order valence-electron chi connectivity index (χ0n) is 50.4. The van der Waals surface area contributed by atoms with Gasteiger partial charge in [-0.2, -0.15) is 0 Å². The molecule has 2 atom stereocenters. The molecule has 0 heterocycles. The predicted molar refractivity (Wildman–Crippen MR) is 324 cm³/mol. The molecule has 0 aliphatic rings. The van der Waals surface area contributed by atoms with Crippen LogP contribution in [0.5, 0.6) is 0 Å². The van der Waals surface area contributed by atoms with Gasteiger partial charge in [0.15, 0.2) is 0 Å². The highest BCUT2D eigenvalue weighted by molar-refractivity contribution is 5.76. The summed E-state index contributed by atoms with van der Waals surface area (Å²) in [6.07, 6.45) is 78.8. The second kappa shape index (κ2) is 64.1. The summed E-state index contributed by atoms with van der Waals surface area (Å²) in [5.41, 5.74) is 0. The van der Waals surface area contributed by atoms with E-state index in [-0.39, 0.29) is 18.5 Å². The molecule has 1 amide bonds. The molecule has 6 nitrogen and oxygen atoms in total. The highest BCUT2D eigenvalue weighted by Crippen LogP contribution is 2.19. The van der Waals surface area contributed by atoms with Gasteiger partial charge in [-0.05, 0) is 32.1 Å². The van der Waals surface area contributed by atoms with E-state index in [1.807, 2.05) is 6.08 Å². The summed E-state index contributed by atoms with van der Waals surface area (Å²) in [4.78, 5) is 24.5. The van der Waals surface area contributed by atoms with E-state index >= 15 is 0 Å². The van der Waals surface area contributed by atoms with Gasteiger partial charge in [-0.25, -0.2) is 0 Å². The first-order valence-electron chi connectivity index (χ1n) is 34.0. The highest BCUT2D eigenvalue weighted by atomic mass is 16.5. The predicted octanol–water partition coefficient (Wildman–Crippen LogP) is 21.6. The Balaban J connectivity index is 3.28. The van der Waals surface area contributed by atoms with Crippen LogP contribution in [0.25, 0.3) is 0 Å². The average molecular weight is 1040 g/mol. The Kier molecular flexibility index (Phi) is 62.9. The SMILES string of the molecule is CCCCCCCCC/C=C/C(O)C(CO)NC(=O)CCCCCCCCCCCCCCCCCCCCCCCCCCCCCCCCCCOC(=O)CCCCCCCCCCCCCCCCCC. The van der Waals surface area contributed by atoms with Crippen molar-refractivity contribution in [2.24, 2.45) is 0 Å². The molecular weight excluding hydrogens is 911 g/mol. The summed E-state index contributed by atoms with van der Waals surface area (Å²) >= 11 is 0. The second-order valence-electron chi connectivity index (χ2n) is 23.5. The van der Waals surface area contributed by atoms with Crippen molar-refractivity contribution >= 4 is 11.9 Å². The van der Waals surface area contributed by atoms with E-state index in [0.29, 0.717) is 19.4 Å². The van der Waals surface area contributed by atoms with Gasteiger partial charge in [-0.3, -0.25) is 9.59 Å². The number of hydrogen-bond acceptors (Lipinski definition) is 5. The largest absolute Gasteiger partial charge is 0.466 e. The molecule has 0 saturated heterocycles. The van der Waals surface area contributed by atoms with Gasteiger partial charge in [0.2, 0.25) is 5.91 Å². The first kappa shape index (κ1) is 72.6. The minimum Gasteiger partial charge on any atom is -0.466 e. The zero-order valence-corrected chi connectivity index (χ0v) is 50.4. The van der Waals surface area contributed by atoms with Crippen molar-refractivity contribution in [2.75, 3.05) is 13.2 Å². The third-order valence-corrected chi connectivity index (χ3v) is 16.1. The number of hydrogen-bond donors (Lipinski definition) is 3. The summed E-state index contributed by atoms with van der Waals surface area (Å²) in [7, 11) is 0. The van der Waals surface area contributed by atoms with E-state index in [1.54, 1.807) is 6.08 Å². The van der Waals surface area contributed by atoms with Gasteiger partial charge >= 0.3 is 5.97 Å². The van der Waals surface area contributed by atoms with E-state index in [9.17, 15) is 19.8 Å². The smallest absolute Gasteiger partial charge is 0.305 e. The van der Waals surface area contributed by atoms with Crippen LogP contribution in [0, 0.1) is 0 Å². The van der Waals surface area contributed by atoms with Gasteiger partial charge < -0.3 is 20.3 Å². The molecule has 440 valence electrons. The molecule has 0 spiro atoms. The van der Waals surface area contributed by atoms with Gasteiger partial charge in [-0.15, -0.1) is 0 Å². The van der Waals surface area contributed by atoms with Crippen molar-refractivity contribution in [1.82, 2.24) is 5.32 Å². The maximum absolute atomic E-state index is 12.4. The summed E-state index contributed by atoms with van der Waals surface area (Å²) in [5, 5.41) is 23.0. The average Bonchev–Trinajstić information content (AvgIpc) is 3.40. The minimum absolute atomic E-state index is 0.0250. The number of aliphatic hydroxyl groups is 2. The van der Waals surface area contributed by atoms with Gasteiger partial charge in [-0.1, -0.05) is 353 Å². The van der Waals surface area contributed by atoms with E-state index < -0.39 is 12.1 Å². The lowest BCUT2D eigenvalue weighted by Gasteiger charge is -2.20. The molecule has 6 heteroatoms. The number of amides is 1. The number of rotatable bonds is 64. The molecule has 0 aromatic heterocycles. The molecule has 2 unspecified atom stereocenters. The van der Waals surface area contributed by atoms with Crippen LogP contribution in [0.3, 0.4) is 0 Å². The number of unbranched alkanes of at least 4 members (excludes halogenated alkanes) is 53. The molecule has 0 saturated carbocycles. The fourth-order valence-electron chi connectivity index (χ4n) is 10.9.